The molecular weight excluding hydrogens is 332 g/mol. The van der Waals surface area contributed by atoms with Crippen LogP contribution in [-0.2, 0) is 35.1 Å². The van der Waals surface area contributed by atoms with Crippen LogP contribution in [0, 0.1) is 0 Å². The van der Waals surface area contributed by atoms with E-state index in [2.05, 4.69) is 31.1 Å². The zero-order valence-electron chi connectivity index (χ0n) is 12.8. The van der Waals surface area contributed by atoms with Crippen molar-refractivity contribution in [3.05, 3.63) is 48.0 Å². The molecule has 0 N–H and O–H groups in total. The summed E-state index contributed by atoms with van der Waals surface area (Å²) in [6.45, 7) is 0.718. The van der Waals surface area contributed by atoms with Gasteiger partial charge in [0.2, 0.25) is 0 Å². The van der Waals surface area contributed by atoms with Crippen molar-refractivity contribution in [2.45, 2.75) is 25.3 Å². The molecule has 0 radical (unpaired) electrons. The third-order valence-corrected chi connectivity index (χ3v) is 4.94. The molecule has 0 aliphatic rings. The number of aryl methyl sites for hydroxylation is 3. The van der Waals surface area contributed by atoms with Gasteiger partial charge in [0, 0.05) is 6.54 Å². The number of benzene rings is 1. The van der Waals surface area contributed by atoms with Crippen LogP contribution in [-0.4, -0.2) is 54.6 Å². The Morgan fingerprint density at radius 3 is 2.58 bits per heavy atom. The third-order valence-electron chi connectivity index (χ3n) is 3.43. The third kappa shape index (κ3) is 4.41. The number of hydrogen-bond acceptors (Lipinski definition) is 8. The van der Waals surface area contributed by atoms with Gasteiger partial charge in [0.1, 0.15) is 12.1 Å². The Kier molecular flexibility index (Phi) is 4.89. The molecule has 0 bridgehead atoms. The first-order chi connectivity index (χ1) is 11.6. The summed E-state index contributed by atoms with van der Waals surface area (Å²) in [5, 5.41) is 21.9. The highest BCUT2D eigenvalue weighted by Gasteiger charge is 2.18. The van der Waals surface area contributed by atoms with Gasteiger partial charge in [-0.1, -0.05) is 30.3 Å². The van der Waals surface area contributed by atoms with E-state index in [1.165, 1.54) is 15.7 Å². The number of hydrogen-bond donors (Lipinski definition) is 0. The lowest BCUT2D eigenvalue weighted by Crippen LogP contribution is -2.18. The predicted molar refractivity (Wildman–Crippen MR) is 83.3 cm³/mol. The number of tetrazole rings is 2. The maximum absolute atomic E-state index is 12.2. The topological polar surface area (TPSA) is 121 Å². The zero-order valence-corrected chi connectivity index (χ0v) is 13.6. The molecule has 0 spiro atoms. The van der Waals surface area contributed by atoms with Crippen LogP contribution in [0.4, 0.5) is 0 Å². The Bertz CT molecular complexity index is 861. The fourth-order valence-electron chi connectivity index (χ4n) is 2.16. The highest BCUT2D eigenvalue weighted by atomic mass is 32.2. The monoisotopic (exact) mass is 348 g/mol. The number of sulfone groups is 1. The van der Waals surface area contributed by atoms with E-state index in [1.54, 1.807) is 0 Å². The van der Waals surface area contributed by atoms with Crippen LogP contribution < -0.4 is 0 Å². The van der Waals surface area contributed by atoms with Crippen molar-refractivity contribution in [1.29, 1.82) is 0 Å². The van der Waals surface area contributed by atoms with Gasteiger partial charge in [-0.2, -0.15) is 0 Å². The summed E-state index contributed by atoms with van der Waals surface area (Å²) in [6.07, 6.45) is 2.10. The van der Waals surface area contributed by atoms with Crippen LogP contribution >= 0.6 is 0 Å². The van der Waals surface area contributed by atoms with Crippen LogP contribution in [0.5, 0.6) is 0 Å². The van der Waals surface area contributed by atoms with Gasteiger partial charge >= 0.3 is 0 Å². The largest absolute Gasteiger partial charge is 0.231 e. The minimum atomic E-state index is -3.37. The summed E-state index contributed by atoms with van der Waals surface area (Å²) in [5.41, 5.74) is 1.14. The van der Waals surface area contributed by atoms with Crippen molar-refractivity contribution in [2.75, 3.05) is 5.75 Å². The number of rotatable bonds is 8. The lowest BCUT2D eigenvalue weighted by molar-refractivity contribution is 0.556. The number of aromatic nitrogens is 8. The van der Waals surface area contributed by atoms with Gasteiger partial charge < -0.3 is 0 Å². The molecule has 0 amide bonds. The first-order valence-corrected chi connectivity index (χ1v) is 9.15. The minimum Gasteiger partial charge on any atom is -0.231 e. The van der Waals surface area contributed by atoms with Gasteiger partial charge in [-0.15, -0.1) is 10.2 Å². The van der Waals surface area contributed by atoms with Gasteiger partial charge in [-0.3, -0.25) is 0 Å². The van der Waals surface area contributed by atoms with Crippen LogP contribution in [0.1, 0.15) is 11.4 Å². The van der Waals surface area contributed by atoms with Gasteiger partial charge in [0.25, 0.3) is 0 Å². The zero-order chi connectivity index (χ0) is 16.8. The van der Waals surface area contributed by atoms with Gasteiger partial charge in [0.15, 0.2) is 15.7 Å². The van der Waals surface area contributed by atoms with Crippen molar-refractivity contribution < 1.29 is 8.42 Å². The fraction of sp³-hybridized carbons (Fsp3) is 0.385. The summed E-state index contributed by atoms with van der Waals surface area (Å²) in [7, 11) is -3.37. The molecule has 2 aromatic heterocycles. The molecule has 3 aromatic rings. The highest BCUT2D eigenvalue weighted by Crippen LogP contribution is 2.06. The van der Waals surface area contributed by atoms with Crippen molar-refractivity contribution in [3.63, 3.8) is 0 Å². The molecule has 10 nitrogen and oxygen atoms in total. The van der Waals surface area contributed by atoms with E-state index in [0.29, 0.717) is 12.4 Å². The van der Waals surface area contributed by atoms with Crippen LogP contribution in [0.3, 0.4) is 0 Å². The molecule has 24 heavy (non-hydrogen) atoms. The van der Waals surface area contributed by atoms with Crippen molar-refractivity contribution in [2.24, 2.45) is 0 Å². The molecule has 1 aromatic carbocycles. The smallest absolute Gasteiger partial charge is 0.166 e. The molecule has 11 heteroatoms. The van der Waals surface area contributed by atoms with E-state index in [9.17, 15) is 8.42 Å². The Hall–Kier alpha value is -2.69. The molecule has 126 valence electrons. The van der Waals surface area contributed by atoms with E-state index in [-0.39, 0.29) is 18.1 Å². The van der Waals surface area contributed by atoms with Gasteiger partial charge in [0.05, 0.1) is 12.3 Å². The molecular formula is C13H16N8O2S. The quantitative estimate of drug-likeness (QED) is 0.535. The maximum Gasteiger partial charge on any atom is 0.166 e. The second kappa shape index (κ2) is 7.25. The molecule has 0 saturated carbocycles. The molecule has 0 unspecified atom stereocenters. The van der Waals surface area contributed by atoms with E-state index < -0.39 is 9.84 Å². The fourth-order valence-corrected chi connectivity index (χ4v) is 3.37. The summed E-state index contributed by atoms with van der Waals surface area (Å²) >= 11 is 0. The standard InChI is InChI=1S/C13H16N8O2S/c22-24(23,9-8-20-11-14-16-18-20)10-13-15-17-19-21(13)7-6-12-4-2-1-3-5-12/h1-5,11H,6-10H2. The van der Waals surface area contributed by atoms with E-state index in [0.717, 1.165) is 12.0 Å². The Morgan fingerprint density at radius 1 is 1.00 bits per heavy atom. The Balaban J connectivity index is 1.60. The van der Waals surface area contributed by atoms with Crippen LogP contribution in [0.2, 0.25) is 0 Å². The van der Waals surface area contributed by atoms with E-state index in [1.807, 2.05) is 30.3 Å². The predicted octanol–water partition coefficient (Wildman–Crippen LogP) is -0.483. The highest BCUT2D eigenvalue weighted by molar-refractivity contribution is 7.90. The average molecular weight is 348 g/mol. The van der Waals surface area contributed by atoms with Crippen molar-refractivity contribution >= 4 is 9.84 Å². The molecule has 0 aliphatic carbocycles. The second-order valence-corrected chi connectivity index (χ2v) is 7.40. The van der Waals surface area contributed by atoms with Gasteiger partial charge in [-0.25, -0.2) is 17.8 Å². The lowest BCUT2D eigenvalue weighted by Gasteiger charge is -2.06. The van der Waals surface area contributed by atoms with Crippen molar-refractivity contribution in [1.82, 2.24) is 40.4 Å². The molecule has 0 atom stereocenters. The summed E-state index contributed by atoms with van der Waals surface area (Å²) in [4.78, 5) is 0. The first-order valence-electron chi connectivity index (χ1n) is 7.32. The van der Waals surface area contributed by atoms with Crippen molar-refractivity contribution in [3.8, 4) is 0 Å². The molecule has 2 heterocycles. The average Bonchev–Trinajstić information content (AvgIpc) is 3.24. The normalized spacial score (nSPS) is 11.7. The maximum atomic E-state index is 12.2. The van der Waals surface area contributed by atoms with E-state index >= 15 is 0 Å². The first kappa shape index (κ1) is 16.2. The second-order valence-electron chi connectivity index (χ2n) is 5.22. The van der Waals surface area contributed by atoms with Gasteiger partial charge in [-0.05, 0) is 32.8 Å². The number of nitrogens with zero attached hydrogens (tertiary/aromatic N) is 8. The van der Waals surface area contributed by atoms with E-state index in [4.69, 9.17) is 0 Å². The Morgan fingerprint density at radius 2 is 1.83 bits per heavy atom. The lowest BCUT2D eigenvalue weighted by atomic mass is 10.1. The Labute approximate surface area is 138 Å². The summed E-state index contributed by atoms with van der Waals surface area (Å²) in [5.74, 6) is 0.0446. The summed E-state index contributed by atoms with van der Waals surface area (Å²) < 4.78 is 27.4. The molecule has 0 aliphatic heterocycles. The minimum absolute atomic E-state index is 0.0798. The summed E-state index contributed by atoms with van der Waals surface area (Å²) in [6, 6.07) is 9.88. The molecule has 0 fully saturated rings. The molecule has 0 saturated heterocycles. The van der Waals surface area contributed by atoms with Crippen LogP contribution in [0.25, 0.3) is 0 Å². The van der Waals surface area contributed by atoms with Crippen LogP contribution in [0.15, 0.2) is 36.7 Å². The molecule has 3 rings (SSSR count). The SMILES string of the molecule is O=S(=O)(CCn1cnnn1)Cc1nnnn1CCc1ccccc1.